The van der Waals surface area contributed by atoms with Crippen LogP contribution in [0.5, 0.6) is 0 Å². The third kappa shape index (κ3) is 1.62. The fourth-order valence-electron chi connectivity index (χ4n) is 3.91. The molecule has 3 heterocycles. The summed E-state index contributed by atoms with van der Waals surface area (Å²) >= 11 is 0. The van der Waals surface area contributed by atoms with E-state index in [2.05, 4.69) is 5.32 Å². The monoisotopic (exact) mass is 260 g/mol. The van der Waals surface area contributed by atoms with Crippen molar-refractivity contribution < 1.29 is 9.18 Å². The number of fused-ring (bicyclic) bond motifs is 6. The summed E-state index contributed by atoms with van der Waals surface area (Å²) in [6, 6.07) is 5.33. The predicted octanol–water partition coefficient (Wildman–Crippen LogP) is 1.78. The molecule has 0 aromatic heterocycles. The van der Waals surface area contributed by atoms with Gasteiger partial charge in [-0.25, -0.2) is 4.39 Å². The third-order valence-corrected chi connectivity index (χ3v) is 4.77. The minimum atomic E-state index is -0.203. The maximum absolute atomic E-state index is 13.5. The number of piperazine rings is 1. The SMILES string of the molecule is O=C1C2CCCC(N2)C2c3cc(F)ccc3CCN12. The largest absolute Gasteiger partial charge is 0.332 e. The van der Waals surface area contributed by atoms with Gasteiger partial charge in [0, 0.05) is 12.6 Å². The second-order valence-corrected chi connectivity index (χ2v) is 5.83. The van der Waals surface area contributed by atoms with E-state index in [9.17, 15) is 9.18 Å². The van der Waals surface area contributed by atoms with Gasteiger partial charge in [-0.1, -0.05) is 6.07 Å². The molecular formula is C15H17FN2O. The van der Waals surface area contributed by atoms with Gasteiger partial charge in [0.1, 0.15) is 5.82 Å². The zero-order valence-corrected chi connectivity index (χ0v) is 10.7. The number of halogens is 1. The zero-order chi connectivity index (χ0) is 13.0. The molecule has 0 spiro atoms. The zero-order valence-electron chi connectivity index (χ0n) is 10.7. The van der Waals surface area contributed by atoms with E-state index < -0.39 is 0 Å². The molecule has 3 atom stereocenters. The molecule has 1 amide bonds. The van der Waals surface area contributed by atoms with Crippen LogP contribution in [0.2, 0.25) is 0 Å². The van der Waals surface area contributed by atoms with Crippen molar-refractivity contribution >= 4 is 5.91 Å². The van der Waals surface area contributed by atoms with Crippen molar-refractivity contribution in [2.24, 2.45) is 0 Å². The molecule has 0 radical (unpaired) electrons. The molecule has 0 saturated carbocycles. The lowest BCUT2D eigenvalue weighted by Crippen LogP contribution is -2.64. The van der Waals surface area contributed by atoms with Gasteiger partial charge < -0.3 is 10.2 Å². The Balaban J connectivity index is 1.81. The molecule has 100 valence electrons. The summed E-state index contributed by atoms with van der Waals surface area (Å²) in [6.07, 6.45) is 3.94. The van der Waals surface area contributed by atoms with E-state index in [1.807, 2.05) is 11.0 Å². The van der Waals surface area contributed by atoms with Crippen LogP contribution in [0.1, 0.15) is 36.4 Å². The Hall–Kier alpha value is -1.42. The molecule has 4 heteroatoms. The van der Waals surface area contributed by atoms with Gasteiger partial charge in [-0.15, -0.1) is 0 Å². The van der Waals surface area contributed by atoms with Crippen molar-refractivity contribution in [3.05, 3.63) is 35.1 Å². The molecule has 3 aliphatic rings. The van der Waals surface area contributed by atoms with E-state index in [0.717, 1.165) is 37.8 Å². The summed E-state index contributed by atoms with van der Waals surface area (Å²) in [6.45, 7) is 0.775. The summed E-state index contributed by atoms with van der Waals surface area (Å²) in [5.41, 5.74) is 2.21. The molecule has 3 nitrogen and oxygen atoms in total. The molecule has 4 rings (SSSR count). The van der Waals surface area contributed by atoms with Crippen molar-refractivity contribution in [1.82, 2.24) is 10.2 Å². The maximum Gasteiger partial charge on any atom is 0.240 e. The van der Waals surface area contributed by atoms with Crippen LogP contribution in [0.25, 0.3) is 0 Å². The van der Waals surface area contributed by atoms with Gasteiger partial charge in [0.15, 0.2) is 0 Å². The van der Waals surface area contributed by atoms with Gasteiger partial charge in [0.2, 0.25) is 5.91 Å². The Labute approximate surface area is 111 Å². The third-order valence-electron chi connectivity index (χ3n) is 4.77. The van der Waals surface area contributed by atoms with Gasteiger partial charge >= 0.3 is 0 Å². The van der Waals surface area contributed by atoms with Gasteiger partial charge in [0.25, 0.3) is 0 Å². The molecule has 1 aromatic carbocycles. The summed E-state index contributed by atoms with van der Waals surface area (Å²) in [5.74, 6) is 0.00171. The van der Waals surface area contributed by atoms with Crippen LogP contribution in [0.3, 0.4) is 0 Å². The van der Waals surface area contributed by atoms with Crippen molar-refractivity contribution in [2.75, 3.05) is 6.54 Å². The fourth-order valence-corrected chi connectivity index (χ4v) is 3.91. The number of hydrogen-bond donors (Lipinski definition) is 1. The maximum atomic E-state index is 13.5. The van der Waals surface area contributed by atoms with E-state index in [0.29, 0.717) is 0 Å². The molecule has 2 saturated heterocycles. The number of piperidine rings is 1. The smallest absolute Gasteiger partial charge is 0.240 e. The average Bonchev–Trinajstić information content (AvgIpc) is 2.44. The van der Waals surface area contributed by atoms with Crippen molar-refractivity contribution in [3.8, 4) is 0 Å². The van der Waals surface area contributed by atoms with Crippen LogP contribution < -0.4 is 5.32 Å². The first kappa shape index (κ1) is 11.4. The normalized spacial score (nSPS) is 32.8. The summed E-state index contributed by atoms with van der Waals surface area (Å²) in [4.78, 5) is 14.4. The standard InChI is InChI=1S/C15H17FN2O/c16-10-5-4-9-6-7-18-14(11(9)8-10)12-2-1-3-13(17-12)15(18)19/h4-5,8,12-14,17H,1-3,6-7H2. The molecule has 3 aliphatic heterocycles. The van der Waals surface area contributed by atoms with Crippen LogP contribution >= 0.6 is 0 Å². The summed E-state index contributed by atoms with van der Waals surface area (Å²) in [7, 11) is 0. The van der Waals surface area contributed by atoms with E-state index in [1.165, 1.54) is 11.6 Å². The van der Waals surface area contributed by atoms with Crippen LogP contribution in [0.4, 0.5) is 4.39 Å². The number of rotatable bonds is 0. The van der Waals surface area contributed by atoms with Crippen molar-refractivity contribution in [1.29, 1.82) is 0 Å². The fraction of sp³-hybridized carbons (Fsp3) is 0.533. The molecule has 1 aromatic rings. The number of nitrogens with zero attached hydrogens (tertiary/aromatic N) is 1. The van der Waals surface area contributed by atoms with Crippen LogP contribution in [0, 0.1) is 5.82 Å². The van der Waals surface area contributed by atoms with Gasteiger partial charge in [-0.3, -0.25) is 4.79 Å². The van der Waals surface area contributed by atoms with Gasteiger partial charge in [0.05, 0.1) is 12.1 Å². The Morgan fingerprint density at radius 1 is 1.32 bits per heavy atom. The lowest BCUT2D eigenvalue weighted by Gasteiger charge is -2.50. The molecule has 3 unspecified atom stereocenters. The molecule has 2 fully saturated rings. The lowest BCUT2D eigenvalue weighted by atomic mass is 9.80. The molecule has 1 N–H and O–H groups in total. The first-order chi connectivity index (χ1) is 9.24. The topological polar surface area (TPSA) is 32.3 Å². The van der Waals surface area contributed by atoms with Crippen molar-refractivity contribution in [2.45, 2.75) is 43.8 Å². The number of amides is 1. The number of hydrogen-bond acceptors (Lipinski definition) is 2. The number of nitrogens with one attached hydrogen (secondary N) is 1. The number of carbonyl (C=O) groups is 1. The molecular weight excluding hydrogens is 243 g/mol. The summed E-state index contributed by atoms with van der Waals surface area (Å²) < 4.78 is 13.5. The Morgan fingerprint density at radius 3 is 3.11 bits per heavy atom. The molecule has 19 heavy (non-hydrogen) atoms. The summed E-state index contributed by atoms with van der Waals surface area (Å²) in [5, 5.41) is 3.45. The second kappa shape index (κ2) is 4.04. The predicted molar refractivity (Wildman–Crippen MR) is 69.1 cm³/mol. The molecule has 2 bridgehead atoms. The van der Waals surface area contributed by atoms with Crippen LogP contribution in [-0.4, -0.2) is 29.4 Å². The number of carbonyl (C=O) groups excluding carboxylic acids is 1. The Bertz CT molecular complexity index is 545. The van der Waals surface area contributed by atoms with Crippen LogP contribution in [0.15, 0.2) is 18.2 Å². The highest BCUT2D eigenvalue weighted by Gasteiger charge is 2.45. The highest BCUT2D eigenvalue weighted by molar-refractivity contribution is 5.84. The van der Waals surface area contributed by atoms with E-state index in [4.69, 9.17) is 0 Å². The minimum Gasteiger partial charge on any atom is -0.332 e. The molecule has 0 aliphatic carbocycles. The highest BCUT2D eigenvalue weighted by Crippen LogP contribution is 2.39. The van der Waals surface area contributed by atoms with E-state index in [1.54, 1.807) is 6.07 Å². The van der Waals surface area contributed by atoms with Crippen molar-refractivity contribution in [3.63, 3.8) is 0 Å². The first-order valence-corrected chi connectivity index (χ1v) is 7.09. The van der Waals surface area contributed by atoms with Crippen LogP contribution in [-0.2, 0) is 11.2 Å². The quantitative estimate of drug-likeness (QED) is 0.771. The van der Waals surface area contributed by atoms with Gasteiger partial charge in [-0.2, -0.15) is 0 Å². The first-order valence-electron chi connectivity index (χ1n) is 7.09. The Morgan fingerprint density at radius 2 is 2.21 bits per heavy atom. The minimum absolute atomic E-state index is 0.00916. The lowest BCUT2D eigenvalue weighted by molar-refractivity contribution is -0.143. The second-order valence-electron chi connectivity index (χ2n) is 5.83. The number of benzene rings is 1. The van der Waals surface area contributed by atoms with E-state index >= 15 is 0 Å². The average molecular weight is 260 g/mol. The van der Waals surface area contributed by atoms with Gasteiger partial charge in [-0.05, 0) is 48.9 Å². The Kier molecular flexibility index (Phi) is 2.42. The highest BCUT2D eigenvalue weighted by atomic mass is 19.1. The van der Waals surface area contributed by atoms with E-state index in [-0.39, 0.29) is 29.8 Å².